The standard InChI is InChI=1S/C16H14N2/c1-12-10-13-6-2-4-8-15(13)17-11-18-16-9-5-3-7-14(12)16/h2-9,12H,10H2,1H3. The topological polar surface area (TPSA) is 24.7 Å². The van der Waals surface area contributed by atoms with Gasteiger partial charge in [0.2, 0.25) is 0 Å². The van der Waals surface area contributed by atoms with Gasteiger partial charge in [-0.05, 0) is 35.6 Å². The summed E-state index contributed by atoms with van der Waals surface area (Å²) >= 11 is 0. The van der Waals surface area contributed by atoms with E-state index in [1.165, 1.54) is 11.1 Å². The van der Waals surface area contributed by atoms with Crippen LogP contribution in [0.2, 0.25) is 0 Å². The van der Waals surface area contributed by atoms with Crippen molar-refractivity contribution in [2.24, 2.45) is 9.98 Å². The molecule has 0 fully saturated rings. The minimum Gasteiger partial charge on any atom is -0.187 e. The minimum absolute atomic E-state index is 0.432. The van der Waals surface area contributed by atoms with Gasteiger partial charge in [0.1, 0.15) is 6.01 Å². The highest BCUT2D eigenvalue weighted by Crippen LogP contribution is 2.32. The van der Waals surface area contributed by atoms with Crippen LogP contribution in [0.3, 0.4) is 0 Å². The molecule has 0 radical (unpaired) electrons. The van der Waals surface area contributed by atoms with Gasteiger partial charge < -0.3 is 0 Å². The number of hydrogen-bond acceptors (Lipinski definition) is 2. The molecule has 2 aromatic carbocycles. The zero-order chi connectivity index (χ0) is 12.4. The van der Waals surface area contributed by atoms with Crippen LogP contribution < -0.4 is 0 Å². The van der Waals surface area contributed by atoms with Gasteiger partial charge in [-0.3, -0.25) is 0 Å². The van der Waals surface area contributed by atoms with E-state index < -0.39 is 0 Å². The SMILES string of the molecule is CC1Cc2ccccc2N=C=Nc2ccccc21. The average molecular weight is 234 g/mol. The van der Waals surface area contributed by atoms with E-state index in [1.807, 2.05) is 24.3 Å². The number of nitrogens with zero attached hydrogens (tertiary/aromatic N) is 2. The van der Waals surface area contributed by atoms with E-state index >= 15 is 0 Å². The van der Waals surface area contributed by atoms with Gasteiger partial charge in [-0.15, -0.1) is 0 Å². The molecule has 0 aromatic heterocycles. The van der Waals surface area contributed by atoms with Gasteiger partial charge in [-0.2, -0.15) is 9.98 Å². The molecule has 0 N–H and O–H groups in total. The third kappa shape index (κ3) is 1.99. The molecule has 0 saturated carbocycles. The smallest absolute Gasteiger partial charge is 0.100 e. The average Bonchev–Trinajstić information content (AvgIpc) is 2.47. The summed E-state index contributed by atoms with van der Waals surface area (Å²) in [6, 6.07) is 19.2. The monoisotopic (exact) mass is 234 g/mol. The number of rotatable bonds is 0. The molecule has 1 aliphatic rings. The molecule has 0 saturated heterocycles. The molecular formula is C16H14N2. The van der Waals surface area contributed by atoms with Crippen LogP contribution in [-0.2, 0) is 6.42 Å². The zero-order valence-corrected chi connectivity index (χ0v) is 10.3. The lowest BCUT2D eigenvalue weighted by molar-refractivity contribution is 0.761. The first kappa shape index (κ1) is 10.9. The van der Waals surface area contributed by atoms with E-state index in [0.29, 0.717) is 5.92 Å². The zero-order valence-electron chi connectivity index (χ0n) is 10.3. The Bertz CT molecular complexity index is 637. The molecule has 1 aliphatic heterocycles. The Morgan fingerprint density at radius 2 is 1.61 bits per heavy atom. The molecule has 0 aliphatic carbocycles. The number of fused-ring (bicyclic) bond motifs is 2. The second kappa shape index (κ2) is 4.59. The molecule has 88 valence electrons. The Kier molecular flexibility index (Phi) is 2.79. The van der Waals surface area contributed by atoms with Gasteiger partial charge in [0.15, 0.2) is 0 Å². The van der Waals surface area contributed by atoms with E-state index in [9.17, 15) is 0 Å². The first-order valence-corrected chi connectivity index (χ1v) is 6.18. The predicted octanol–water partition coefficient (Wildman–Crippen LogP) is 4.48. The third-order valence-corrected chi connectivity index (χ3v) is 3.33. The van der Waals surface area contributed by atoms with Crippen LogP contribution in [0.4, 0.5) is 11.4 Å². The summed E-state index contributed by atoms with van der Waals surface area (Å²) in [4.78, 5) is 8.66. The summed E-state index contributed by atoms with van der Waals surface area (Å²) in [5.41, 5.74) is 4.46. The highest BCUT2D eigenvalue weighted by Gasteiger charge is 2.13. The molecule has 1 heterocycles. The second-order valence-corrected chi connectivity index (χ2v) is 4.62. The quantitative estimate of drug-likeness (QED) is 0.642. The highest BCUT2D eigenvalue weighted by atomic mass is 14.8. The molecule has 2 nitrogen and oxygen atoms in total. The normalized spacial score (nSPS) is 17.3. The third-order valence-electron chi connectivity index (χ3n) is 3.33. The minimum atomic E-state index is 0.432. The summed E-state index contributed by atoms with van der Waals surface area (Å²) in [7, 11) is 0. The fourth-order valence-corrected chi connectivity index (χ4v) is 2.37. The van der Waals surface area contributed by atoms with Gasteiger partial charge >= 0.3 is 0 Å². The molecule has 0 bridgehead atoms. The fraction of sp³-hybridized carbons (Fsp3) is 0.188. The maximum absolute atomic E-state index is 4.34. The summed E-state index contributed by atoms with van der Waals surface area (Å²) in [6.45, 7) is 2.23. The number of hydrogen-bond donors (Lipinski definition) is 0. The lowest BCUT2D eigenvalue weighted by atomic mass is 9.92. The van der Waals surface area contributed by atoms with E-state index in [0.717, 1.165) is 17.8 Å². The van der Waals surface area contributed by atoms with Gasteiger partial charge in [0, 0.05) is 0 Å². The predicted molar refractivity (Wildman–Crippen MR) is 74.2 cm³/mol. The van der Waals surface area contributed by atoms with Crippen LogP contribution in [0.5, 0.6) is 0 Å². The molecule has 1 unspecified atom stereocenters. The van der Waals surface area contributed by atoms with E-state index in [-0.39, 0.29) is 0 Å². The largest absolute Gasteiger partial charge is 0.187 e. The maximum Gasteiger partial charge on any atom is 0.100 e. The van der Waals surface area contributed by atoms with E-state index in [4.69, 9.17) is 0 Å². The molecule has 2 aromatic rings. The van der Waals surface area contributed by atoms with Crippen molar-refractivity contribution in [2.45, 2.75) is 19.3 Å². The summed E-state index contributed by atoms with van der Waals surface area (Å²) in [5, 5.41) is 0. The van der Waals surface area contributed by atoms with E-state index in [1.54, 1.807) is 0 Å². The van der Waals surface area contributed by atoms with Crippen molar-refractivity contribution >= 4 is 17.4 Å². The number of aliphatic imine (C=N–C) groups is 2. The Balaban J connectivity index is 2.16. The van der Waals surface area contributed by atoms with Crippen LogP contribution in [-0.4, -0.2) is 6.01 Å². The molecule has 0 spiro atoms. The molecule has 0 amide bonds. The summed E-state index contributed by atoms with van der Waals surface area (Å²) < 4.78 is 0. The van der Waals surface area contributed by atoms with Gasteiger partial charge in [0.05, 0.1) is 11.4 Å². The van der Waals surface area contributed by atoms with E-state index in [2.05, 4.69) is 47.2 Å². The Morgan fingerprint density at radius 3 is 2.50 bits per heavy atom. The van der Waals surface area contributed by atoms with Crippen molar-refractivity contribution in [3.05, 3.63) is 59.7 Å². The fourth-order valence-electron chi connectivity index (χ4n) is 2.37. The Morgan fingerprint density at radius 1 is 0.944 bits per heavy atom. The van der Waals surface area contributed by atoms with Gasteiger partial charge in [0.25, 0.3) is 0 Å². The highest BCUT2D eigenvalue weighted by molar-refractivity contribution is 5.63. The number of benzene rings is 2. The lowest BCUT2D eigenvalue weighted by Crippen LogP contribution is -1.98. The summed E-state index contributed by atoms with van der Waals surface area (Å²) in [6.07, 6.45) is 0.980. The first-order valence-electron chi connectivity index (χ1n) is 6.18. The van der Waals surface area contributed by atoms with Gasteiger partial charge in [-0.1, -0.05) is 43.3 Å². The van der Waals surface area contributed by atoms with Gasteiger partial charge in [-0.25, -0.2) is 0 Å². The van der Waals surface area contributed by atoms with Crippen molar-refractivity contribution in [1.82, 2.24) is 0 Å². The molecule has 18 heavy (non-hydrogen) atoms. The first-order chi connectivity index (χ1) is 8.84. The molecule has 3 rings (SSSR count). The van der Waals surface area contributed by atoms with Crippen LogP contribution in [0.1, 0.15) is 24.0 Å². The molecule has 1 atom stereocenters. The van der Waals surface area contributed by atoms with Crippen molar-refractivity contribution < 1.29 is 0 Å². The van der Waals surface area contributed by atoms with Crippen LogP contribution in [0.25, 0.3) is 0 Å². The summed E-state index contributed by atoms with van der Waals surface area (Å²) in [5.74, 6) is 0.432. The van der Waals surface area contributed by atoms with Crippen molar-refractivity contribution in [3.8, 4) is 0 Å². The Labute approximate surface area is 107 Å². The maximum atomic E-state index is 4.34. The lowest BCUT2D eigenvalue weighted by Gasteiger charge is -2.14. The van der Waals surface area contributed by atoms with Crippen molar-refractivity contribution in [1.29, 1.82) is 0 Å². The van der Waals surface area contributed by atoms with Crippen LogP contribution in [0.15, 0.2) is 58.5 Å². The van der Waals surface area contributed by atoms with Crippen molar-refractivity contribution in [2.75, 3.05) is 0 Å². The number of para-hydroxylation sites is 2. The van der Waals surface area contributed by atoms with Crippen molar-refractivity contribution in [3.63, 3.8) is 0 Å². The van der Waals surface area contributed by atoms with Crippen LogP contribution >= 0.6 is 0 Å². The molecule has 2 heteroatoms. The Hall–Kier alpha value is -2.18. The molecular weight excluding hydrogens is 220 g/mol. The van der Waals surface area contributed by atoms with Crippen LogP contribution in [0, 0.1) is 0 Å². The second-order valence-electron chi connectivity index (χ2n) is 4.62.